The van der Waals surface area contributed by atoms with Gasteiger partial charge in [-0.15, -0.1) is 0 Å². The Bertz CT molecular complexity index is 1220. The normalized spacial score (nSPS) is 14.9. The zero-order chi connectivity index (χ0) is 22.6. The SMILES string of the molecule is COc1ccc(NC(=O)CCc2ccc3ccccc3c2)cc1S(=O)(=O)N1CCOCC1. The minimum Gasteiger partial charge on any atom is -0.495 e. The zero-order valence-corrected chi connectivity index (χ0v) is 18.7. The number of nitrogens with one attached hydrogen (secondary N) is 1. The van der Waals surface area contributed by atoms with Crippen LogP contribution in [0.25, 0.3) is 10.8 Å². The molecular formula is C24H26N2O5S. The number of carbonyl (C=O) groups excluding carboxylic acids is 1. The Hall–Kier alpha value is -2.94. The average molecular weight is 455 g/mol. The first kappa shape index (κ1) is 22.3. The number of methoxy groups -OCH3 is 1. The van der Waals surface area contributed by atoms with Crippen LogP contribution in [0.4, 0.5) is 5.69 Å². The van der Waals surface area contributed by atoms with Crippen molar-refractivity contribution in [1.29, 1.82) is 0 Å². The van der Waals surface area contributed by atoms with Crippen LogP contribution >= 0.6 is 0 Å². The molecule has 8 heteroatoms. The summed E-state index contributed by atoms with van der Waals surface area (Å²) in [6.07, 6.45) is 0.877. The van der Waals surface area contributed by atoms with Crippen molar-refractivity contribution in [2.24, 2.45) is 0 Å². The number of morpholine rings is 1. The van der Waals surface area contributed by atoms with E-state index in [1.165, 1.54) is 17.5 Å². The Balaban J connectivity index is 1.46. The fourth-order valence-electron chi connectivity index (χ4n) is 3.76. The molecule has 32 heavy (non-hydrogen) atoms. The Morgan fingerprint density at radius 1 is 1.03 bits per heavy atom. The largest absolute Gasteiger partial charge is 0.495 e. The Morgan fingerprint density at radius 3 is 2.53 bits per heavy atom. The minimum atomic E-state index is -3.76. The smallest absolute Gasteiger partial charge is 0.246 e. The quantitative estimate of drug-likeness (QED) is 0.591. The second-order valence-corrected chi connectivity index (χ2v) is 9.52. The third-order valence-electron chi connectivity index (χ3n) is 5.49. The molecule has 0 unspecified atom stereocenters. The summed E-state index contributed by atoms with van der Waals surface area (Å²) < 4.78 is 38.1. The molecule has 0 aliphatic carbocycles. The molecule has 0 saturated carbocycles. The second-order valence-electron chi connectivity index (χ2n) is 7.61. The molecule has 4 rings (SSSR count). The first-order chi connectivity index (χ1) is 15.5. The van der Waals surface area contributed by atoms with Crippen LogP contribution in [0.5, 0.6) is 5.75 Å². The topological polar surface area (TPSA) is 84.9 Å². The molecule has 7 nitrogen and oxygen atoms in total. The number of sulfonamides is 1. The first-order valence-corrected chi connectivity index (χ1v) is 11.9. The maximum atomic E-state index is 13.1. The predicted molar refractivity (Wildman–Crippen MR) is 123 cm³/mol. The van der Waals surface area contributed by atoms with Crippen molar-refractivity contribution < 1.29 is 22.7 Å². The highest BCUT2D eigenvalue weighted by molar-refractivity contribution is 7.89. The standard InChI is InChI=1S/C24H26N2O5S/c1-30-22-10-9-21(17-23(22)32(28,29)26-12-14-31-15-13-26)25-24(27)11-7-18-6-8-19-4-2-3-5-20(19)16-18/h2-6,8-10,16-17H,7,11-15H2,1H3,(H,25,27). The van der Waals surface area contributed by atoms with Crippen LogP contribution in [0.15, 0.2) is 65.6 Å². The number of amides is 1. The van der Waals surface area contributed by atoms with Gasteiger partial charge < -0.3 is 14.8 Å². The van der Waals surface area contributed by atoms with Crippen molar-refractivity contribution in [2.45, 2.75) is 17.7 Å². The van der Waals surface area contributed by atoms with Crippen molar-refractivity contribution in [3.8, 4) is 5.75 Å². The molecule has 3 aromatic carbocycles. The fourth-order valence-corrected chi connectivity index (χ4v) is 5.35. The number of ether oxygens (including phenoxy) is 2. The molecular weight excluding hydrogens is 428 g/mol. The number of benzene rings is 3. The molecule has 1 fully saturated rings. The lowest BCUT2D eigenvalue weighted by Gasteiger charge is -2.26. The van der Waals surface area contributed by atoms with Crippen molar-refractivity contribution in [3.05, 3.63) is 66.2 Å². The van der Waals surface area contributed by atoms with Crippen molar-refractivity contribution in [1.82, 2.24) is 4.31 Å². The number of anilines is 1. The lowest BCUT2D eigenvalue weighted by Crippen LogP contribution is -2.40. The van der Waals surface area contributed by atoms with Gasteiger partial charge in [0, 0.05) is 25.2 Å². The molecule has 0 radical (unpaired) electrons. The number of carbonyl (C=O) groups is 1. The van der Waals surface area contributed by atoms with E-state index in [9.17, 15) is 13.2 Å². The van der Waals surface area contributed by atoms with E-state index in [2.05, 4.69) is 23.5 Å². The van der Waals surface area contributed by atoms with Gasteiger partial charge in [0.2, 0.25) is 15.9 Å². The summed E-state index contributed by atoms with van der Waals surface area (Å²) in [5.41, 5.74) is 1.49. The molecule has 0 atom stereocenters. The third-order valence-corrected chi connectivity index (χ3v) is 7.41. The summed E-state index contributed by atoms with van der Waals surface area (Å²) in [4.78, 5) is 12.6. The summed E-state index contributed by atoms with van der Waals surface area (Å²) >= 11 is 0. The molecule has 1 saturated heterocycles. The lowest BCUT2D eigenvalue weighted by atomic mass is 10.0. The number of fused-ring (bicyclic) bond motifs is 1. The van der Waals surface area contributed by atoms with Gasteiger partial charge in [0.05, 0.1) is 20.3 Å². The summed E-state index contributed by atoms with van der Waals surface area (Å²) in [6, 6.07) is 18.9. The first-order valence-electron chi connectivity index (χ1n) is 10.5. The molecule has 0 bridgehead atoms. The van der Waals surface area contributed by atoms with Gasteiger partial charge in [-0.1, -0.05) is 42.5 Å². The van der Waals surface area contributed by atoms with Gasteiger partial charge in [0.25, 0.3) is 0 Å². The van der Waals surface area contributed by atoms with E-state index in [1.807, 2.05) is 24.3 Å². The predicted octanol–water partition coefficient (Wildman–Crippen LogP) is 3.44. The molecule has 3 aromatic rings. The van der Waals surface area contributed by atoms with Crippen LogP contribution in [0, 0.1) is 0 Å². The zero-order valence-electron chi connectivity index (χ0n) is 17.9. The van der Waals surface area contributed by atoms with Gasteiger partial charge in [-0.05, 0) is 41.0 Å². The van der Waals surface area contributed by atoms with Crippen LogP contribution in [-0.2, 0) is 26.0 Å². The third kappa shape index (κ3) is 4.93. The lowest BCUT2D eigenvalue weighted by molar-refractivity contribution is -0.116. The molecule has 168 valence electrons. The summed E-state index contributed by atoms with van der Waals surface area (Å²) in [5, 5.41) is 5.11. The fraction of sp³-hybridized carbons (Fsp3) is 0.292. The van der Waals surface area contributed by atoms with Crippen molar-refractivity contribution in [2.75, 3.05) is 38.7 Å². The highest BCUT2D eigenvalue weighted by Crippen LogP contribution is 2.30. The van der Waals surface area contributed by atoms with Crippen LogP contribution < -0.4 is 10.1 Å². The van der Waals surface area contributed by atoms with Gasteiger partial charge >= 0.3 is 0 Å². The summed E-state index contributed by atoms with van der Waals surface area (Å²) in [7, 11) is -2.34. The number of nitrogens with zero attached hydrogens (tertiary/aromatic N) is 1. The molecule has 1 heterocycles. The van der Waals surface area contributed by atoms with E-state index in [4.69, 9.17) is 9.47 Å². The van der Waals surface area contributed by atoms with E-state index in [1.54, 1.807) is 12.1 Å². The van der Waals surface area contributed by atoms with Gasteiger partial charge in [-0.2, -0.15) is 4.31 Å². The summed E-state index contributed by atoms with van der Waals surface area (Å²) in [6.45, 7) is 1.28. The van der Waals surface area contributed by atoms with Crippen LogP contribution in [0.2, 0.25) is 0 Å². The van der Waals surface area contributed by atoms with Crippen LogP contribution in [-0.4, -0.2) is 52.0 Å². The Morgan fingerprint density at radius 2 is 1.78 bits per heavy atom. The highest BCUT2D eigenvalue weighted by atomic mass is 32.2. The van der Waals surface area contributed by atoms with E-state index in [0.717, 1.165) is 16.3 Å². The Kier molecular flexibility index (Phi) is 6.74. The second kappa shape index (κ2) is 9.68. The number of hydrogen-bond acceptors (Lipinski definition) is 5. The minimum absolute atomic E-state index is 0.0363. The van der Waals surface area contributed by atoms with E-state index in [-0.39, 0.29) is 36.1 Å². The maximum absolute atomic E-state index is 13.1. The summed E-state index contributed by atoms with van der Waals surface area (Å²) in [5.74, 6) is 0.0590. The van der Waals surface area contributed by atoms with E-state index in [0.29, 0.717) is 25.3 Å². The monoisotopic (exact) mass is 454 g/mol. The molecule has 1 aliphatic rings. The number of rotatable bonds is 7. The molecule has 0 aromatic heterocycles. The molecule has 0 spiro atoms. The maximum Gasteiger partial charge on any atom is 0.246 e. The van der Waals surface area contributed by atoms with Crippen LogP contribution in [0.3, 0.4) is 0 Å². The number of hydrogen-bond donors (Lipinski definition) is 1. The number of aryl methyl sites for hydroxylation is 1. The van der Waals surface area contributed by atoms with Gasteiger partial charge in [-0.3, -0.25) is 4.79 Å². The van der Waals surface area contributed by atoms with Crippen LogP contribution in [0.1, 0.15) is 12.0 Å². The van der Waals surface area contributed by atoms with Crippen molar-refractivity contribution >= 4 is 32.4 Å². The van der Waals surface area contributed by atoms with Gasteiger partial charge in [0.15, 0.2) is 0 Å². The highest BCUT2D eigenvalue weighted by Gasteiger charge is 2.29. The molecule has 1 amide bonds. The average Bonchev–Trinajstić information content (AvgIpc) is 2.83. The Labute approximate surface area is 188 Å². The van der Waals surface area contributed by atoms with E-state index >= 15 is 0 Å². The van der Waals surface area contributed by atoms with Gasteiger partial charge in [-0.25, -0.2) is 8.42 Å². The van der Waals surface area contributed by atoms with E-state index < -0.39 is 10.0 Å². The van der Waals surface area contributed by atoms with Crippen molar-refractivity contribution in [3.63, 3.8) is 0 Å². The van der Waals surface area contributed by atoms with Gasteiger partial charge in [0.1, 0.15) is 10.6 Å². The molecule has 1 N–H and O–H groups in total. The molecule has 1 aliphatic heterocycles.